The van der Waals surface area contributed by atoms with Crippen LogP contribution in [0.2, 0.25) is 0 Å². The topological polar surface area (TPSA) is 38.1 Å². The van der Waals surface area contributed by atoms with Crippen molar-refractivity contribution in [2.24, 2.45) is 4.99 Å². The zero-order valence-corrected chi connectivity index (χ0v) is 16.4. The first-order chi connectivity index (χ1) is 11.8. The van der Waals surface area contributed by atoms with Gasteiger partial charge in [0.2, 0.25) is 0 Å². The average molecular weight is 394 g/mol. The van der Waals surface area contributed by atoms with Gasteiger partial charge in [-0.15, -0.1) is 10.2 Å². The molecule has 0 saturated carbocycles. The molecule has 1 aliphatic rings. The molecule has 0 unspecified atom stereocenters. The molecule has 0 bridgehead atoms. The second kappa shape index (κ2) is 5.46. The third-order valence-corrected chi connectivity index (χ3v) is 6.21. The van der Waals surface area contributed by atoms with Gasteiger partial charge in [-0.25, -0.2) is 0 Å². The highest BCUT2D eigenvalue weighted by molar-refractivity contribution is 9.10. The van der Waals surface area contributed by atoms with E-state index in [0.717, 1.165) is 32.3 Å². The minimum absolute atomic E-state index is 0.101. The lowest BCUT2D eigenvalue weighted by Gasteiger charge is -2.44. The fraction of sp³-hybridized carbons (Fsp3) is 0.286. The number of hydrogen-bond donors (Lipinski definition) is 0. The molecule has 25 heavy (non-hydrogen) atoms. The maximum atomic E-state index is 5.12. The van der Waals surface area contributed by atoms with Gasteiger partial charge < -0.3 is 0 Å². The first-order valence-corrected chi connectivity index (χ1v) is 9.23. The van der Waals surface area contributed by atoms with Gasteiger partial charge in [-0.3, -0.25) is 4.99 Å². The minimum Gasteiger partial charge on any atom is -0.275 e. The van der Waals surface area contributed by atoms with Crippen LogP contribution in [0.25, 0.3) is 10.9 Å². The Bertz CT molecular complexity index is 1020. The molecule has 0 aliphatic carbocycles. The summed E-state index contributed by atoms with van der Waals surface area (Å²) >= 11 is 3.76. The molecule has 0 amide bonds. The van der Waals surface area contributed by atoms with Crippen molar-refractivity contribution >= 4 is 32.5 Å². The molecule has 3 nitrogen and oxygen atoms in total. The lowest BCUT2D eigenvalue weighted by atomic mass is 9.66. The van der Waals surface area contributed by atoms with E-state index >= 15 is 0 Å². The molecule has 0 N–H and O–H groups in total. The van der Waals surface area contributed by atoms with Crippen LogP contribution in [-0.4, -0.2) is 21.4 Å². The molecule has 126 valence electrons. The molecule has 4 rings (SSSR count). The maximum Gasteiger partial charge on any atom is 0.112 e. The SMILES string of the molecule is CC1(C)N=C(c2cc3ccccc3nn2)c2cccc(Br)c2C1(C)C. The quantitative estimate of drug-likeness (QED) is 0.562. The highest BCUT2D eigenvalue weighted by Gasteiger charge is 2.45. The Morgan fingerprint density at radius 1 is 0.880 bits per heavy atom. The average Bonchev–Trinajstić information content (AvgIpc) is 2.58. The van der Waals surface area contributed by atoms with Crippen LogP contribution in [0.3, 0.4) is 0 Å². The Balaban J connectivity index is 2.00. The fourth-order valence-electron chi connectivity index (χ4n) is 3.44. The largest absolute Gasteiger partial charge is 0.275 e. The van der Waals surface area contributed by atoms with Crippen LogP contribution < -0.4 is 0 Å². The van der Waals surface area contributed by atoms with E-state index in [4.69, 9.17) is 4.99 Å². The summed E-state index contributed by atoms with van der Waals surface area (Å²) < 4.78 is 1.12. The number of fused-ring (bicyclic) bond motifs is 2. The lowest BCUT2D eigenvalue weighted by Crippen LogP contribution is -2.46. The molecule has 2 aromatic carbocycles. The summed E-state index contributed by atoms with van der Waals surface area (Å²) in [5.74, 6) is 0. The van der Waals surface area contributed by atoms with E-state index in [1.807, 2.05) is 18.2 Å². The predicted molar refractivity (Wildman–Crippen MR) is 106 cm³/mol. The van der Waals surface area contributed by atoms with Crippen molar-refractivity contribution in [2.45, 2.75) is 38.6 Å². The van der Waals surface area contributed by atoms with Crippen LogP contribution in [0.4, 0.5) is 0 Å². The fourth-order valence-corrected chi connectivity index (χ4v) is 4.30. The number of benzene rings is 2. The van der Waals surface area contributed by atoms with E-state index in [0.29, 0.717) is 0 Å². The van der Waals surface area contributed by atoms with E-state index in [1.54, 1.807) is 0 Å². The van der Waals surface area contributed by atoms with Crippen molar-refractivity contribution in [1.29, 1.82) is 0 Å². The first-order valence-electron chi connectivity index (χ1n) is 8.43. The summed E-state index contributed by atoms with van der Waals surface area (Å²) in [5.41, 5.74) is 4.68. The Labute approximate surface area is 156 Å². The Kier molecular flexibility index (Phi) is 3.58. The molecule has 0 radical (unpaired) electrons. The third kappa shape index (κ3) is 2.43. The smallest absolute Gasteiger partial charge is 0.112 e. The third-order valence-electron chi connectivity index (χ3n) is 5.55. The maximum absolute atomic E-state index is 5.12. The number of aromatic nitrogens is 2. The molecule has 2 heterocycles. The van der Waals surface area contributed by atoms with Crippen molar-refractivity contribution in [3.05, 3.63) is 69.8 Å². The van der Waals surface area contributed by atoms with Crippen molar-refractivity contribution in [1.82, 2.24) is 10.2 Å². The van der Waals surface area contributed by atoms with Gasteiger partial charge in [0.25, 0.3) is 0 Å². The standard InChI is InChI=1S/C21H20BrN3/c1-20(2)18-14(9-7-10-15(18)22)19(23-21(20,3)4)17-12-13-8-5-6-11-16(13)24-25-17/h5-12H,1-4H3. The van der Waals surface area contributed by atoms with Crippen molar-refractivity contribution in [3.63, 3.8) is 0 Å². The van der Waals surface area contributed by atoms with Gasteiger partial charge in [-0.05, 0) is 37.6 Å². The van der Waals surface area contributed by atoms with Gasteiger partial charge in [-0.1, -0.05) is 60.1 Å². The molecule has 1 aromatic heterocycles. The van der Waals surface area contributed by atoms with Gasteiger partial charge in [0.05, 0.1) is 16.8 Å². The van der Waals surface area contributed by atoms with Crippen molar-refractivity contribution in [3.8, 4) is 0 Å². The lowest BCUT2D eigenvalue weighted by molar-refractivity contribution is 0.302. The summed E-state index contributed by atoms with van der Waals surface area (Å²) in [5, 5.41) is 9.95. The Morgan fingerprint density at radius 2 is 1.64 bits per heavy atom. The second-order valence-corrected chi connectivity index (χ2v) is 8.45. The summed E-state index contributed by atoms with van der Waals surface area (Å²) in [4.78, 5) is 5.12. The van der Waals surface area contributed by atoms with Gasteiger partial charge in [0, 0.05) is 20.8 Å². The molecule has 3 aromatic rings. The number of nitrogens with zero attached hydrogens (tertiary/aromatic N) is 3. The van der Waals surface area contributed by atoms with E-state index in [1.165, 1.54) is 5.56 Å². The number of aliphatic imine (C=N–C) groups is 1. The molecule has 1 aliphatic heterocycles. The zero-order chi connectivity index (χ0) is 17.8. The Morgan fingerprint density at radius 3 is 2.44 bits per heavy atom. The van der Waals surface area contributed by atoms with Crippen LogP contribution in [-0.2, 0) is 5.41 Å². The summed E-state index contributed by atoms with van der Waals surface area (Å²) in [6.07, 6.45) is 0. The summed E-state index contributed by atoms with van der Waals surface area (Å²) in [7, 11) is 0. The minimum atomic E-state index is -0.257. The summed E-state index contributed by atoms with van der Waals surface area (Å²) in [6.45, 7) is 8.87. The number of rotatable bonds is 1. The van der Waals surface area contributed by atoms with Gasteiger partial charge in [-0.2, -0.15) is 0 Å². The summed E-state index contributed by atoms with van der Waals surface area (Å²) in [6, 6.07) is 16.4. The van der Waals surface area contributed by atoms with Crippen LogP contribution in [0, 0.1) is 0 Å². The molecular weight excluding hydrogens is 374 g/mol. The highest BCUT2D eigenvalue weighted by Crippen LogP contribution is 2.46. The highest BCUT2D eigenvalue weighted by atomic mass is 79.9. The van der Waals surface area contributed by atoms with E-state index in [9.17, 15) is 0 Å². The van der Waals surface area contributed by atoms with Crippen LogP contribution in [0.15, 0.2) is 58.0 Å². The van der Waals surface area contributed by atoms with Crippen LogP contribution in [0.1, 0.15) is 44.5 Å². The molecule has 0 spiro atoms. The first kappa shape index (κ1) is 16.4. The Hall–Kier alpha value is -2.07. The molecule has 0 fully saturated rings. The van der Waals surface area contributed by atoms with E-state index in [-0.39, 0.29) is 11.0 Å². The van der Waals surface area contributed by atoms with Crippen molar-refractivity contribution < 1.29 is 0 Å². The van der Waals surface area contributed by atoms with E-state index < -0.39 is 0 Å². The second-order valence-electron chi connectivity index (χ2n) is 7.60. The van der Waals surface area contributed by atoms with Crippen LogP contribution in [0.5, 0.6) is 0 Å². The van der Waals surface area contributed by atoms with Gasteiger partial charge >= 0.3 is 0 Å². The number of halogens is 1. The monoisotopic (exact) mass is 393 g/mol. The molecular formula is C21H20BrN3. The molecule has 0 atom stereocenters. The zero-order valence-electron chi connectivity index (χ0n) is 14.8. The predicted octanol–water partition coefficient (Wildman–Crippen LogP) is 5.30. The molecule has 0 saturated heterocycles. The number of hydrogen-bond acceptors (Lipinski definition) is 3. The van der Waals surface area contributed by atoms with Crippen molar-refractivity contribution in [2.75, 3.05) is 0 Å². The molecule has 4 heteroatoms. The normalized spacial score (nSPS) is 17.9. The van der Waals surface area contributed by atoms with E-state index in [2.05, 4.69) is 84.2 Å². The van der Waals surface area contributed by atoms with Crippen LogP contribution >= 0.6 is 15.9 Å². The van der Waals surface area contributed by atoms with Gasteiger partial charge in [0.1, 0.15) is 5.69 Å². The van der Waals surface area contributed by atoms with Gasteiger partial charge in [0.15, 0.2) is 0 Å².